The van der Waals surface area contributed by atoms with Gasteiger partial charge in [-0.3, -0.25) is 0 Å². The Morgan fingerprint density at radius 3 is 2.47 bits per heavy atom. The predicted octanol–water partition coefficient (Wildman–Crippen LogP) is 1.78. The quantitative estimate of drug-likeness (QED) is 0.769. The molecule has 3 heteroatoms. The zero-order valence-corrected chi connectivity index (χ0v) is 12.2. The fraction of sp³-hybridized carbons (Fsp3) is 1.00. The smallest absolute Gasteiger partial charge is 0.0220 e. The first-order chi connectivity index (χ1) is 8.06. The van der Waals surface area contributed by atoms with Gasteiger partial charge in [0.05, 0.1) is 0 Å². The van der Waals surface area contributed by atoms with Crippen LogP contribution in [0.1, 0.15) is 39.5 Å². The van der Waals surface area contributed by atoms with Gasteiger partial charge in [0, 0.05) is 19.1 Å². The van der Waals surface area contributed by atoms with Gasteiger partial charge >= 0.3 is 0 Å². The third-order valence-electron chi connectivity index (χ3n) is 4.74. The molecule has 1 aliphatic rings. The Balaban J connectivity index is 2.54. The number of hydrogen-bond donors (Lipinski definition) is 1. The summed E-state index contributed by atoms with van der Waals surface area (Å²) in [4.78, 5) is 5.00. The van der Waals surface area contributed by atoms with Crippen LogP contribution in [0.25, 0.3) is 0 Å². The number of nitrogens with zero attached hydrogens (tertiary/aromatic N) is 2. The van der Waals surface area contributed by atoms with Crippen molar-refractivity contribution in [2.45, 2.75) is 45.6 Å². The summed E-state index contributed by atoms with van der Waals surface area (Å²) in [7, 11) is 4.51. The van der Waals surface area contributed by atoms with Gasteiger partial charge in [-0.05, 0) is 58.3 Å². The molecule has 0 aromatic rings. The minimum absolute atomic E-state index is 0.324. The van der Waals surface area contributed by atoms with Crippen molar-refractivity contribution >= 4 is 0 Å². The van der Waals surface area contributed by atoms with E-state index in [9.17, 15) is 0 Å². The zero-order chi connectivity index (χ0) is 12.9. The minimum atomic E-state index is 0.324. The van der Waals surface area contributed by atoms with E-state index < -0.39 is 0 Å². The molecule has 0 radical (unpaired) electrons. The number of likely N-dealkylation sites (tertiary alicyclic amines) is 1. The lowest BCUT2D eigenvalue weighted by Crippen LogP contribution is -2.50. The Morgan fingerprint density at radius 2 is 2.00 bits per heavy atom. The van der Waals surface area contributed by atoms with Crippen LogP contribution in [-0.2, 0) is 0 Å². The Morgan fingerprint density at radius 1 is 1.35 bits per heavy atom. The molecule has 1 heterocycles. The Hall–Kier alpha value is -0.120. The van der Waals surface area contributed by atoms with Gasteiger partial charge in [0.1, 0.15) is 0 Å². The molecule has 1 atom stereocenters. The highest BCUT2D eigenvalue weighted by atomic mass is 15.2. The number of rotatable bonds is 6. The van der Waals surface area contributed by atoms with E-state index in [1.54, 1.807) is 0 Å². The molecule has 0 spiro atoms. The second-order valence-corrected chi connectivity index (χ2v) is 5.88. The van der Waals surface area contributed by atoms with Crippen LogP contribution in [0.2, 0.25) is 0 Å². The average Bonchev–Trinajstić information content (AvgIpc) is 2.36. The highest BCUT2D eigenvalue weighted by Crippen LogP contribution is 2.27. The van der Waals surface area contributed by atoms with Gasteiger partial charge in [-0.25, -0.2) is 0 Å². The van der Waals surface area contributed by atoms with Crippen molar-refractivity contribution in [3.8, 4) is 0 Å². The van der Waals surface area contributed by atoms with E-state index in [-0.39, 0.29) is 0 Å². The first-order valence-corrected chi connectivity index (χ1v) is 7.15. The van der Waals surface area contributed by atoms with E-state index in [0.29, 0.717) is 5.41 Å². The molecule has 1 rings (SSSR count). The fourth-order valence-electron chi connectivity index (χ4n) is 2.98. The van der Waals surface area contributed by atoms with Crippen molar-refractivity contribution in [3.63, 3.8) is 0 Å². The third-order valence-corrected chi connectivity index (χ3v) is 4.74. The maximum Gasteiger partial charge on any atom is 0.0220 e. The maximum absolute atomic E-state index is 6.00. The molecule has 17 heavy (non-hydrogen) atoms. The van der Waals surface area contributed by atoms with Crippen LogP contribution in [-0.4, -0.2) is 56.1 Å². The van der Waals surface area contributed by atoms with Crippen LogP contribution in [0.5, 0.6) is 0 Å². The van der Waals surface area contributed by atoms with Crippen molar-refractivity contribution < 1.29 is 0 Å². The molecule has 0 bridgehead atoms. The van der Waals surface area contributed by atoms with E-state index in [1.807, 2.05) is 0 Å². The molecule has 0 aromatic carbocycles. The van der Waals surface area contributed by atoms with E-state index in [2.05, 4.69) is 37.7 Å². The van der Waals surface area contributed by atoms with Crippen LogP contribution in [0.15, 0.2) is 0 Å². The molecule has 2 N–H and O–H groups in total. The van der Waals surface area contributed by atoms with Crippen LogP contribution in [0, 0.1) is 5.41 Å². The number of likely N-dealkylation sites (N-methyl/N-ethyl adjacent to an activating group) is 2. The molecule has 1 fully saturated rings. The first-order valence-electron chi connectivity index (χ1n) is 7.15. The SMILES string of the molecule is CCC(CC)(CN)CN(C)C1CCCN(C)C1. The van der Waals surface area contributed by atoms with Gasteiger partial charge < -0.3 is 15.5 Å². The first kappa shape index (κ1) is 14.9. The second kappa shape index (κ2) is 6.72. The van der Waals surface area contributed by atoms with Gasteiger partial charge in [-0.2, -0.15) is 0 Å². The van der Waals surface area contributed by atoms with Gasteiger partial charge in [0.15, 0.2) is 0 Å². The Bertz CT molecular complexity index is 205. The zero-order valence-electron chi connectivity index (χ0n) is 12.2. The van der Waals surface area contributed by atoms with E-state index in [1.165, 1.54) is 38.8 Å². The van der Waals surface area contributed by atoms with Gasteiger partial charge in [-0.1, -0.05) is 13.8 Å². The van der Waals surface area contributed by atoms with Crippen molar-refractivity contribution in [3.05, 3.63) is 0 Å². The lowest BCUT2D eigenvalue weighted by atomic mass is 9.81. The third kappa shape index (κ3) is 3.94. The summed E-state index contributed by atoms with van der Waals surface area (Å²) in [6, 6.07) is 0.720. The van der Waals surface area contributed by atoms with Crippen molar-refractivity contribution in [1.82, 2.24) is 9.80 Å². The molecular formula is C14H31N3. The van der Waals surface area contributed by atoms with Gasteiger partial charge in [0.2, 0.25) is 0 Å². The van der Waals surface area contributed by atoms with E-state index in [4.69, 9.17) is 5.73 Å². The minimum Gasteiger partial charge on any atom is -0.330 e. The maximum atomic E-state index is 6.00. The Labute approximate surface area is 107 Å². The summed E-state index contributed by atoms with van der Waals surface area (Å²) in [6.45, 7) is 8.98. The summed E-state index contributed by atoms with van der Waals surface area (Å²) >= 11 is 0. The summed E-state index contributed by atoms with van der Waals surface area (Å²) in [6.07, 6.45) is 5.05. The summed E-state index contributed by atoms with van der Waals surface area (Å²) < 4.78 is 0. The van der Waals surface area contributed by atoms with E-state index >= 15 is 0 Å². The largest absolute Gasteiger partial charge is 0.330 e. The predicted molar refractivity (Wildman–Crippen MR) is 75.2 cm³/mol. The van der Waals surface area contributed by atoms with Crippen LogP contribution < -0.4 is 5.73 Å². The molecular weight excluding hydrogens is 210 g/mol. The molecule has 1 aliphatic heterocycles. The van der Waals surface area contributed by atoms with Crippen molar-refractivity contribution in [1.29, 1.82) is 0 Å². The fourth-order valence-corrected chi connectivity index (χ4v) is 2.98. The summed E-state index contributed by atoms with van der Waals surface area (Å²) in [5.74, 6) is 0. The molecule has 102 valence electrons. The average molecular weight is 241 g/mol. The normalized spacial score (nSPS) is 23.3. The molecule has 1 unspecified atom stereocenters. The lowest BCUT2D eigenvalue weighted by Gasteiger charge is -2.41. The van der Waals surface area contributed by atoms with Crippen LogP contribution in [0.3, 0.4) is 0 Å². The number of nitrogens with two attached hydrogens (primary N) is 1. The summed E-state index contributed by atoms with van der Waals surface area (Å²) in [5.41, 5.74) is 6.32. The Kier molecular flexibility index (Phi) is 5.90. The number of hydrogen-bond acceptors (Lipinski definition) is 3. The lowest BCUT2D eigenvalue weighted by molar-refractivity contribution is 0.0846. The topological polar surface area (TPSA) is 32.5 Å². The molecule has 0 aromatic heterocycles. The van der Waals surface area contributed by atoms with Crippen LogP contribution >= 0.6 is 0 Å². The van der Waals surface area contributed by atoms with Crippen LogP contribution in [0.4, 0.5) is 0 Å². The van der Waals surface area contributed by atoms with Gasteiger partial charge in [-0.15, -0.1) is 0 Å². The highest BCUT2D eigenvalue weighted by Gasteiger charge is 2.30. The standard InChI is InChI=1S/C14H31N3/c1-5-14(6-2,11-15)12-17(4)13-8-7-9-16(3)10-13/h13H,5-12,15H2,1-4H3. The summed E-state index contributed by atoms with van der Waals surface area (Å²) in [5, 5.41) is 0. The monoisotopic (exact) mass is 241 g/mol. The number of piperidine rings is 1. The van der Waals surface area contributed by atoms with Crippen molar-refractivity contribution in [2.24, 2.45) is 11.1 Å². The molecule has 3 nitrogen and oxygen atoms in total. The molecule has 0 amide bonds. The van der Waals surface area contributed by atoms with Gasteiger partial charge in [0.25, 0.3) is 0 Å². The molecule has 1 saturated heterocycles. The molecule has 0 aliphatic carbocycles. The second-order valence-electron chi connectivity index (χ2n) is 5.88. The molecule has 0 saturated carbocycles. The highest BCUT2D eigenvalue weighted by molar-refractivity contribution is 4.85. The van der Waals surface area contributed by atoms with Crippen molar-refractivity contribution in [2.75, 3.05) is 40.3 Å². The van der Waals surface area contributed by atoms with E-state index in [0.717, 1.165) is 19.1 Å².